The average Bonchev–Trinajstić information content (AvgIpc) is 2.41. The van der Waals surface area contributed by atoms with E-state index in [1.54, 1.807) is 0 Å². The van der Waals surface area contributed by atoms with E-state index in [-0.39, 0.29) is 0 Å². The van der Waals surface area contributed by atoms with Crippen LogP contribution in [0.2, 0.25) is 0 Å². The quantitative estimate of drug-likeness (QED) is 0.771. The second-order valence-corrected chi connectivity index (χ2v) is 3.73. The molecule has 0 saturated carbocycles. The van der Waals surface area contributed by atoms with Gasteiger partial charge in [-0.3, -0.25) is 0 Å². The molecule has 1 aromatic heterocycles. The predicted molar refractivity (Wildman–Crippen MR) is 60.6 cm³/mol. The molecule has 0 aliphatic rings. The maximum absolute atomic E-state index is 9.99. The number of aliphatic hydroxyl groups is 1. The molecule has 0 fully saturated rings. The van der Waals surface area contributed by atoms with Gasteiger partial charge in [0.25, 0.3) is 0 Å². The first-order valence-corrected chi connectivity index (χ1v) is 5.22. The van der Waals surface area contributed by atoms with Crippen molar-refractivity contribution >= 4 is 0 Å². The Labute approximate surface area is 91.3 Å². The first kappa shape index (κ1) is 11.9. The summed E-state index contributed by atoms with van der Waals surface area (Å²) in [6.45, 7) is 7.61. The third-order valence-corrected chi connectivity index (χ3v) is 2.67. The Morgan fingerprint density at radius 3 is 2.40 bits per heavy atom. The largest absolute Gasteiger partial charge is 0.466 e. The van der Waals surface area contributed by atoms with Gasteiger partial charge in [0.1, 0.15) is 11.5 Å². The highest BCUT2D eigenvalue weighted by molar-refractivity contribution is 5.33. The Kier molecular flexibility index (Phi) is 3.99. The van der Waals surface area contributed by atoms with Crippen LogP contribution in [0.25, 0.3) is 0 Å². The molecule has 1 heterocycles. The van der Waals surface area contributed by atoms with Crippen molar-refractivity contribution in [3.8, 4) is 11.8 Å². The van der Waals surface area contributed by atoms with Crippen molar-refractivity contribution in [2.45, 2.75) is 46.6 Å². The molecule has 0 amide bonds. The zero-order valence-corrected chi connectivity index (χ0v) is 9.85. The van der Waals surface area contributed by atoms with Gasteiger partial charge in [0.05, 0.1) is 6.10 Å². The molecule has 0 bridgehead atoms. The Morgan fingerprint density at radius 1 is 1.27 bits per heavy atom. The lowest BCUT2D eigenvalue weighted by atomic mass is 10.0. The highest BCUT2D eigenvalue weighted by atomic mass is 16.3. The molecule has 1 rings (SSSR count). The summed E-state index contributed by atoms with van der Waals surface area (Å²) in [7, 11) is 0. The second-order valence-electron chi connectivity index (χ2n) is 3.73. The fourth-order valence-electron chi connectivity index (χ4n) is 1.78. The minimum absolute atomic E-state index is 0.455. The summed E-state index contributed by atoms with van der Waals surface area (Å²) in [5.74, 6) is 7.49. The molecule has 1 atom stereocenters. The van der Waals surface area contributed by atoms with Crippen LogP contribution < -0.4 is 0 Å². The number of aliphatic hydroxyl groups excluding tert-OH is 1. The molecule has 82 valence electrons. The predicted octanol–water partition coefficient (Wildman–Crippen LogP) is 3.04. The van der Waals surface area contributed by atoms with Gasteiger partial charge in [-0.1, -0.05) is 0 Å². The van der Waals surface area contributed by atoms with E-state index in [4.69, 9.17) is 4.42 Å². The van der Waals surface area contributed by atoms with Gasteiger partial charge in [-0.2, -0.15) is 0 Å². The van der Waals surface area contributed by atoms with Crippen molar-refractivity contribution in [3.63, 3.8) is 0 Å². The molecule has 2 nitrogen and oxygen atoms in total. The third-order valence-electron chi connectivity index (χ3n) is 2.67. The van der Waals surface area contributed by atoms with Gasteiger partial charge in [-0.15, -0.1) is 11.8 Å². The van der Waals surface area contributed by atoms with E-state index >= 15 is 0 Å². The molecule has 0 radical (unpaired) electrons. The third kappa shape index (κ3) is 2.64. The van der Waals surface area contributed by atoms with Gasteiger partial charge in [-0.05, 0) is 39.7 Å². The van der Waals surface area contributed by atoms with Crippen LogP contribution in [-0.4, -0.2) is 5.11 Å². The summed E-state index contributed by atoms with van der Waals surface area (Å²) < 4.78 is 5.48. The summed E-state index contributed by atoms with van der Waals surface area (Å²) in [5.41, 5.74) is 2.00. The molecule has 1 N–H and O–H groups in total. The molecular weight excluding hydrogens is 188 g/mol. The van der Waals surface area contributed by atoms with Gasteiger partial charge in [0, 0.05) is 12.0 Å². The lowest BCUT2D eigenvalue weighted by Crippen LogP contribution is -1.99. The van der Waals surface area contributed by atoms with Crippen molar-refractivity contribution in [3.05, 3.63) is 22.6 Å². The van der Waals surface area contributed by atoms with Crippen LogP contribution >= 0.6 is 0 Å². The normalized spacial score (nSPS) is 12.1. The SMILES string of the molecule is CC#CCCC(O)c1c(C)oc(C)c1C. The van der Waals surface area contributed by atoms with Gasteiger partial charge < -0.3 is 9.52 Å². The van der Waals surface area contributed by atoms with E-state index in [2.05, 4.69) is 11.8 Å². The van der Waals surface area contributed by atoms with E-state index < -0.39 is 6.10 Å². The second kappa shape index (κ2) is 5.04. The lowest BCUT2D eigenvalue weighted by molar-refractivity contribution is 0.167. The number of aryl methyl sites for hydroxylation is 2. The smallest absolute Gasteiger partial charge is 0.107 e. The van der Waals surface area contributed by atoms with E-state index in [0.717, 1.165) is 29.1 Å². The first-order chi connectivity index (χ1) is 7.07. The van der Waals surface area contributed by atoms with Crippen molar-refractivity contribution in [1.82, 2.24) is 0 Å². The fourth-order valence-corrected chi connectivity index (χ4v) is 1.78. The van der Waals surface area contributed by atoms with Crippen molar-refractivity contribution in [1.29, 1.82) is 0 Å². The van der Waals surface area contributed by atoms with Crippen LogP contribution in [0, 0.1) is 32.6 Å². The summed E-state index contributed by atoms with van der Waals surface area (Å²) in [6, 6.07) is 0. The molecule has 1 unspecified atom stereocenters. The number of hydrogen-bond donors (Lipinski definition) is 1. The Hall–Kier alpha value is -1.20. The maximum Gasteiger partial charge on any atom is 0.107 e. The Bertz CT molecular complexity index is 391. The van der Waals surface area contributed by atoms with Crippen molar-refractivity contribution < 1.29 is 9.52 Å². The molecule has 0 aliphatic heterocycles. The number of furan rings is 1. The molecule has 0 saturated heterocycles. The zero-order chi connectivity index (χ0) is 11.4. The standard InChI is InChI=1S/C13H18O2/c1-5-6-7-8-12(14)13-9(2)10(3)15-11(13)4/h12,14H,7-8H2,1-4H3. The fraction of sp³-hybridized carbons (Fsp3) is 0.538. The van der Waals surface area contributed by atoms with Crippen LogP contribution in [0.5, 0.6) is 0 Å². The monoisotopic (exact) mass is 206 g/mol. The highest BCUT2D eigenvalue weighted by Gasteiger charge is 2.18. The molecule has 2 heteroatoms. The van der Waals surface area contributed by atoms with Crippen molar-refractivity contribution in [2.24, 2.45) is 0 Å². The van der Waals surface area contributed by atoms with E-state index in [1.165, 1.54) is 0 Å². The maximum atomic E-state index is 9.99. The molecule has 0 aliphatic carbocycles. The molecule has 15 heavy (non-hydrogen) atoms. The number of rotatable bonds is 3. The summed E-state index contributed by atoms with van der Waals surface area (Å²) in [4.78, 5) is 0. The van der Waals surface area contributed by atoms with Gasteiger partial charge in [0.15, 0.2) is 0 Å². The van der Waals surface area contributed by atoms with Gasteiger partial charge in [-0.25, -0.2) is 0 Å². The number of hydrogen-bond acceptors (Lipinski definition) is 2. The van der Waals surface area contributed by atoms with Crippen LogP contribution in [-0.2, 0) is 0 Å². The summed E-state index contributed by atoms with van der Waals surface area (Å²) >= 11 is 0. The Balaban J connectivity index is 2.79. The van der Waals surface area contributed by atoms with E-state index in [1.807, 2.05) is 27.7 Å². The zero-order valence-electron chi connectivity index (χ0n) is 9.85. The molecular formula is C13H18O2. The summed E-state index contributed by atoms with van der Waals surface area (Å²) in [5, 5.41) is 9.99. The van der Waals surface area contributed by atoms with E-state index in [9.17, 15) is 5.11 Å². The Morgan fingerprint density at radius 2 is 1.93 bits per heavy atom. The van der Waals surface area contributed by atoms with Gasteiger partial charge >= 0.3 is 0 Å². The molecule has 1 aromatic rings. The first-order valence-electron chi connectivity index (χ1n) is 5.22. The van der Waals surface area contributed by atoms with Crippen molar-refractivity contribution in [2.75, 3.05) is 0 Å². The average molecular weight is 206 g/mol. The van der Waals surface area contributed by atoms with Crippen LogP contribution in [0.15, 0.2) is 4.42 Å². The van der Waals surface area contributed by atoms with Gasteiger partial charge in [0.2, 0.25) is 0 Å². The minimum Gasteiger partial charge on any atom is -0.466 e. The summed E-state index contributed by atoms with van der Waals surface area (Å²) in [6.07, 6.45) is 0.936. The topological polar surface area (TPSA) is 33.4 Å². The lowest BCUT2D eigenvalue weighted by Gasteiger charge is -2.08. The van der Waals surface area contributed by atoms with Crippen LogP contribution in [0.4, 0.5) is 0 Å². The van der Waals surface area contributed by atoms with Crippen LogP contribution in [0.3, 0.4) is 0 Å². The molecule has 0 spiro atoms. The minimum atomic E-state index is -0.455. The van der Waals surface area contributed by atoms with E-state index in [0.29, 0.717) is 6.42 Å². The van der Waals surface area contributed by atoms with Crippen LogP contribution in [0.1, 0.15) is 48.5 Å². The highest BCUT2D eigenvalue weighted by Crippen LogP contribution is 2.29. The molecule has 0 aromatic carbocycles.